The Balaban J connectivity index is 2.06. The summed E-state index contributed by atoms with van der Waals surface area (Å²) >= 11 is 23.9. The number of hydrogen-bond donors (Lipinski definition) is 2. The van der Waals surface area contributed by atoms with Crippen molar-refractivity contribution < 1.29 is 19.1 Å². The second kappa shape index (κ2) is 11.0. The topological polar surface area (TPSA) is 84.5 Å². The number of esters is 1. The van der Waals surface area contributed by atoms with Gasteiger partial charge in [0, 0.05) is 0 Å². The van der Waals surface area contributed by atoms with Crippen LogP contribution >= 0.6 is 46.4 Å². The molecule has 10 heteroatoms. The standard InChI is InChI=1S/C21H20Cl4N2O4/c1-10(2)18(27-20(29)12-6-4-5-7-13(12)22)21(30)31-11(3)19(28)26-17-9-15(24)14(23)8-16(17)25/h4-11,18H,1-3H3,(H,26,28)(H,27,29)/t11-,18-/m1/s1. The minimum absolute atomic E-state index is 0.174. The molecule has 2 atom stereocenters. The fraction of sp³-hybridized carbons (Fsp3) is 0.286. The highest BCUT2D eigenvalue weighted by atomic mass is 35.5. The van der Waals surface area contributed by atoms with Crippen molar-refractivity contribution in [2.24, 2.45) is 5.92 Å². The molecule has 2 aromatic rings. The molecule has 0 fully saturated rings. The van der Waals surface area contributed by atoms with Crippen molar-refractivity contribution in [3.63, 3.8) is 0 Å². The van der Waals surface area contributed by atoms with Gasteiger partial charge in [0.1, 0.15) is 6.04 Å². The molecule has 0 bridgehead atoms. The van der Waals surface area contributed by atoms with E-state index in [2.05, 4.69) is 10.6 Å². The highest BCUT2D eigenvalue weighted by Gasteiger charge is 2.30. The molecule has 0 aromatic heterocycles. The van der Waals surface area contributed by atoms with Gasteiger partial charge in [-0.3, -0.25) is 9.59 Å². The maximum absolute atomic E-state index is 12.7. The van der Waals surface area contributed by atoms with Gasteiger partial charge in [-0.1, -0.05) is 72.4 Å². The predicted octanol–water partition coefficient (Wildman–Crippen LogP) is 5.63. The third-order valence-corrected chi connectivity index (χ3v) is 5.62. The quantitative estimate of drug-likeness (QED) is 0.377. The molecule has 0 aliphatic rings. The van der Waals surface area contributed by atoms with Gasteiger partial charge in [-0.25, -0.2) is 4.79 Å². The van der Waals surface area contributed by atoms with Crippen LogP contribution in [-0.4, -0.2) is 29.9 Å². The van der Waals surface area contributed by atoms with E-state index >= 15 is 0 Å². The Morgan fingerprint density at radius 3 is 2.10 bits per heavy atom. The lowest BCUT2D eigenvalue weighted by atomic mass is 10.0. The summed E-state index contributed by atoms with van der Waals surface area (Å²) in [6, 6.07) is 8.23. The summed E-state index contributed by atoms with van der Waals surface area (Å²) in [6.45, 7) is 4.87. The molecule has 0 saturated heterocycles. The number of anilines is 1. The van der Waals surface area contributed by atoms with E-state index in [1.807, 2.05) is 0 Å². The number of halogens is 4. The first-order valence-electron chi connectivity index (χ1n) is 9.22. The van der Waals surface area contributed by atoms with Crippen LogP contribution in [-0.2, 0) is 14.3 Å². The van der Waals surface area contributed by atoms with Crippen LogP contribution in [0.2, 0.25) is 20.1 Å². The lowest BCUT2D eigenvalue weighted by molar-refractivity contribution is -0.156. The highest BCUT2D eigenvalue weighted by molar-refractivity contribution is 6.44. The third-order valence-electron chi connectivity index (χ3n) is 4.26. The zero-order chi connectivity index (χ0) is 23.3. The molecule has 0 aliphatic heterocycles. The Labute approximate surface area is 200 Å². The SMILES string of the molecule is CC(C)[C@@H](NC(=O)c1ccccc1Cl)C(=O)O[C@H](C)C(=O)Nc1cc(Cl)c(Cl)cc1Cl. The Bertz CT molecular complexity index is 997. The third kappa shape index (κ3) is 6.74. The lowest BCUT2D eigenvalue weighted by Gasteiger charge is -2.23. The zero-order valence-corrected chi connectivity index (χ0v) is 19.9. The highest BCUT2D eigenvalue weighted by Crippen LogP contribution is 2.32. The van der Waals surface area contributed by atoms with Crippen molar-refractivity contribution in [2.75, 3.05) is 5.32 Å². The number of carbonyl (C=O) groups is 3. The van der Waals surface area contributed by atoms with E-state index in [9.17, 15) is 14.4 Å². The average molecular weight is 506 g/mol. The van der Waals surface area contributed by atoms with E-state index in [0.717, 1.165) is 0 Å². The maximum Gasteiger partial charge on any atom is 0.329 e. The van der Waals surface area contributed by atoms with Crippen LogP contribution in [0.15, 0.2) is 36.4 Å². The first kappa shape index (κ1) is 25.3. The number of benzene rings is 2. The van der Waals surface area contributed by atoms with Crippen molar-refractivity contribution in [3.8, 4) is 0 Å². The van der Waals surface area contributed by atoms with Crippen LogP contribution < -0.4 is 10.6 Å². The maximum atomic E-state index is 12.7. The van der Waals surface area contributed by atoms with E-state index in [0.29, 0.717) is 0 Å². The Morgan fingerprint density at radius 1 is 0.871 bits per heavy atom. The Hall–Kier alpha value is -1.99. The molecule has 2 amide bonds. The normalized spacial score (nSPS) is 12.8. The zero-order valence-electron chi connectivity index (χ0n) is 16.8. The van der Waals surface area contributed by atoms with E-state index in [-0.39, 0.29) is 37.3 Å². The fourth-order valence-corrected chi connectivity index (χ4v) is 3.33. The Kier molecular flexibility index (Phi) is 9.01. The summed E-state index contributed by atoms with van der Waals surface area (Å²) in [4.78, 5) is 37.6. The van der Waals surface area contributed by atoms with Crippen molar-refractivity contribution in [2.45, 2.75) is 32.9 Å². The molecule has 0 radical (unpaired) electrons. The molecule has 2 rings (SSSR count). The molecule has 0 saturated carbocycles. The van der Waals surface area contributed by atoms with Crippen molar-refractivity contribution >= 4 is 69.9 Å². The molecular formula is C21H20Cl4N2O4. The van der Waals surface area contributed by atoms with Gasteiger partial charge in [0.15, 0.2) is 6.10 Å². The number of hydrogen-bond acceptors (Lipinski definition) is 4. The molecule has 31 heavy (non-hydrogen) atoms. The first-order valence-corrected chi connectivity index (χ1v) is 10.7. The molecule has 2 N–H and O–H groups in total. The van der Waals surface area contributed by atoms with Gasteiger partial charge in [0.05, 0.1) is 31.3 Å². The number of nitrogens with one attached hydrogen (secondary N) is 2. The first-order chi connectivity index (χ1) is 14.5. The van der Waals surface area contributed by atoms with Gasteiger partial charge in [-0.15, -0.1) is 0 Å². The smallest absolute Gasteiger partial charge is 0.329 e. The largest absolute Gasteiger partial charge is 0.451 e. The van der Waals surface area contributed by atoms with Gasteiger partial charge < -0.3 is 15.4 Å². The fourth-order valence-electron chi connectivity index (χ4n) is 2.52. The predicted molar refractivity (Wildman–Crippen MR) is 123 cm³/mol. The summed E-state index contributed by atoms with van der Waals surface area (Å²) in [6.07, 6.45) is -1.17. The van der Waals surface area contributed by atoms with E-state index < -0.39 is 29.9 Å². The molecule has 6 nitrogen and oxygen atoms in total. The summed E-state index contributed by atoms with van der Waals surface area (Å²) in [5, 5.41) is 6.00. The monoisotopic (exact) mass is 504 g/mol. The van der Waals surface area contributed by atoms with E-state index in [1.54, 1.807) is 32.0 Å². The minimum atomic E-state index is -1.17. The Morgan fingerprint density at radius 2 is 1.48 bits per heavy atom. The second-order valence-electron chi connectivity index (χ2n) is 6.99. The average Bonchev–Trinajstić information content (AvgIpc) is 2.69. The molecule has 0 unspecified atom stereocenters. The molecule has 0 spiro atoms. The van der Waals surface area contributed by atoms with Crippen LogP contribution in [0.1, 0.15) is 31.1 Å². The number of carbonyl (C=O) groups excluding carboxylic acids is 3. The summed E-state index contributed by atoms with van der Waals surface area (Å²) < 4.78 is 5.27. The molecule has 166 valence electrons. The lowest BCUT2D eigenvalue weighted by Crippen LogP contribution is -2.47. The van der Waals surface area contributed by atoms with E-state index in [4.69, 9.17) is 51.1 Å². The van der Waals surface area contributed by atoms with Crippen LogP contribution in [0.3, 0.4) is 0 Å². The van der Waals surface area contributed by atoms with E-state index in [1.165, 1.54) is 25.1 Å². The summed E-state index contributed by atoms with van der Waals surface area (Å²) in [5.74, 6) is -2.23. The van der Waals surface area contributed by atoms with Gasteiger partial charge in [-0.2, -0.15) is 0 Å². The van der Waals surface area contributed by atoms with Gasteiger partial charge in [-0.05, 0) is 37.1 Å². The van der Waals surface area contributed by atoms with Gasteiger partial charge in [0.2, 0.25) is 0 Å². The van der Waals surface area contributed by atoms with Crippen LogP contribution in [0.25, 0.3) is 0 Å². The van der Waals surface area contributed by atoms with Gasteiger partial charge in [0.25, 0.3) is 11.8 Å². The number of ether oxygens (including phenoxy) is 1. The van der Waals surface area contributed by atoms with Gasteiger partial charge >= 0.3 is 5.97 Å². The molecule has 0 heterocycles. The minimum Gasteiger partial charge on any atom is -0.451 e. The van der Waals surface area contributed by atoms with Crippen molar-refractivity contribution in [1.82, 2.24) is 5.32 Å². The van der Waals surface area contributed by atoms with Crippen LogP contribution in [0.5, 0.6) is 0 Å². The summed E-state index contributed by atoms with van der Waals surface area (Å²) in [7, 11) is 0. The van der Waals surface area contributed by atoms with Crippen LogP contribution in [0, 0.1) is 5.92 Å². The summed E-state index contributed by atoms with van der Waals surface area (Å²) in [5.41, 5.74) is 0.444. The van der Waals surface area contributed by atoms with Crippen molar-refractivity contribution in [3.05, 3.63) is 62.1 Å². The number of amides is 2. The number of rotatable bonds is 7. The van der Waals surface area contributed by atoms with Crippen molar-refractivity contribution in [1.29, 1.82) is 0 Å². The molecule has 0 aliphatic carbocycles. The van der Waals surface area contributed by atoms with Crippen LogP contribution in [0.4, 0.5) is 5.69 Å². The molecular weight excluding hydrogens is 486 g/mol. The molecule has 2 aromatic carbocycles. The second-order valence-corrected chi connectivity index (χ2v) is 8.62.